The van der Waals surface area contributed by atoms with E-state index in [2.05, 4.69) is 15.6 Å². The lowest BCUT2D eigenvalue weighted by molar-refractivity contribution is -0.145. The van der Waals surface area contributed by atoms with E-state index in [9.17, 15) is 23.9 Å². The highest BCUT2D eigenvalue weighted by Crippen LogP contribution is 2.40. The number of thiazole rings is 1. The first-order valence-electron chi connectivity index (χ1n) is 12.1. The van der Waals surface area contributed by atoms with E-state index in [0.29, 0.717) is 0 Å². The molecule has 3 atom stereocenters. The van der Waals surface area contributed by atoms with E-state index >= 15 is 0 Å². The number of alkyl halides is 1. The third kappa shape index (κ3) is 5.59. The minimum Gasteiger partial charge on any atom is -0.391 e. The lowest BCUT2D eigenvalue weighted by Gasteiger charge is -2.35. The molecule has 1 aliphatic carbocycles. The Kier molecular flexibility index (Phi) is 7.21. The standard InChI is InChI=1S/C26H33FN4O4S/c1-15-20(36-14-29-15)17-7-5-16(6-8-17)12-28-22(33)19-11-18(32)13-31(19)23(34)21(25(2,3)4)30-24(35)26(27)9-10-26/h5-8,14,18-19,21,32H,9-13H2,1-4H3,(H,28,33)(H,30,35)/t18-,19-,21+/m0/s1. The smallest absolute Gasteiger partial charge is 0.258 e. The number of amides is 3. The van der Waals surface area contributed by atoms with Gasteiger partial charge in [-0.25, -0.2) is 9.37 Å². The zero-order valence-corrected chi connectivity index (χ0v) is 21.8. The lowest BCUT2D eigenvalue weighted by Crippen LogP contribution is -2.59. The Hall–Kier alpha value is -2.85. The van der Waals surface area contributed by atoms with Crippen molar-refractivity contribution in [3.05, 3.63) is 41.0 Å². The Morgan fingerprint density at radius 1 is 1.25 bits per heavy atom. The maximum Gasteiger partial charge on any atom is 0.258 e. The molecule has 2 aromatic rings. The van der Waals surface area contributed by atoms with Gasteiger partial charge in [-0.05, 0) is 36.3 Å². The minimum absolute atomic E-state index is 0.0248. The Morgan fingerprint density at radius 3 is 2.47 bits per heavy atom. The molecule has 3 N–H and O–H groups in total. The number of hydrogen-bond acceptors (Lipinski definition) is 6. The number of hydrogen-bond donors (Lipinski definition) is 3. The van der Waals surface area contributed by atoms with Crippen molar-refractivity contribution in [3.8, 4) is 10.4 Å². The third-order valence-electron chi connectivity index (χ3n) is 6.78. The van der Waals surface area contributed by atoms with Crippen molar-refractivity contribution in [2.45, 2.75) is 77.4 Å². The van der Waals surface area contributed by atoms with Gasteiger partial charge in [-0.1, -0.05) is 45.0 Å². The van der Waals surface area contributed by atoms with Crippen LogP contribution in [-0.2, 0) is 20.9 Å². The fraction of sp³-hybridized carbons (Fsp3) is 0.538. The first-order valence-corrected chi connectivity index (χ1v) is 13.0. The molecule has 1 saturated heterocycles. The van der Waals surface area contributed by atoms with E-state index in [1.807, 2.05) is 31.2 Å². The molecular formula is C26H33FN4O4S. The summed E-state index contributed by atoms with van der Waals surface area (Å²) in [5, 5.41) is 15.7. The molecule has 0 spiro atoms. The molecule has 36 heavy (non-hydrogen) atoms. The van der Waals surface area contributed by atoms with Crippen LogP contribution in [0.1, 0.15) is 51.3 Å². The first-order chi connectivity index (χ1) is 16.9. The summed E-state index contributed by atoms with van der Waals surface area (Å²) < 4.78 is 14.3. The van der Waals surface area contributed by atoms with Gasteiger partial charge in [0.2, 0.25) is 11.8 Å². The van der Waals surface area contributed by atoms with Crippen LogP contribution < -0.4 is 10.6 Å². The summed E-state index contributed by atoms with van der Waals surface area (Å²) >= 11 is 1.57. The van der Waals surface area contributed by atoms with E-state index in [1.165, 1.54) is 4.90 Å². The number of likely N-dealkylation sites (tertiary alicyclic amines) is 1. The summed E-state index contributed by atoms with van der Waals surface area (Å²) in [7, 11) is 0. The second-order valence-electron chi connectivity index (χ2n) is 10.8. The van der Waals surface area contributed by atoms with Crippen molar-refractivity contribution >= 4 is 29.1 Å². The molecule has 4 rings (SSSR count). The van der Waals surface area contributed by atoms with Gasteiger partial charge in [-0.15, -0.1) is 11.3 Å². The molecule has 0 unspecified atom stereocenters. The number of aryl methyl sites for hydroxylation is 1. The normalized spacial score (nSPS) is 21.7. The Labute approximate surface area is 214 Å². The molecule has 3 amide bonds. The number of nitrogens with zero attached hydrogens (tertiary/aromatic N) is 2. The predicted octanol–water partition coefficient (Wildman–Crippen LogP) is 2.73. The Balaban J connectivity index is 1.42. The van der Waals surface area contributed by atoms with Crippen LogP contribution in [-0.4, -0.2) is 63.1 Å². The quantitative estimate of drug-likeness (QED) is 0.524. The lowest BCUT2D eigenvalue weighted by atomic mass is 9.85. The number of halogens is 1. The number of aliphatic hydroxyl groups excluding tert-OH is 1. The molecule has 194 valence electrons. The Bertz CT molecular complexity index is 1140. The van der Waals surface area contributed by atoms with Crippen LogP contribution in [0.4, 0.5) is 4.39 Å². The molecule has 1 aliphatic heterocycles. The van der Waals surface area contributed by atoms with Crippen LogP contribution in [0.5, 0.6) is 0 Å². The second kappa shape index (κ2) is 9.89. The molecule has 8 nitrogen and oxygen atoms in total. The monoisotopic (exact) mass is 516 g/mol. The number of carbonyl (C=O) groups excluding carboxylic acids is 3. The average molecular weight is 517 g/mol. The summed E-state index contributed by atoms with van der Waals surface area (Å²) in [6.07, 6.45) is -0.484. The van der Waals surface area contributed by atoms with Crippen molar-refractivity contribution < 1.29 is 23.9 Å². The summed E-state index contributed by atoms with van der Waals surface area (Å²) in [6, 6.07) is 5.90. The van der Waals surface area contributed by atoms with Crippen molar-refractivity contribution in [2.75, 3.05) is 6.54 Å². The highest BCUT2D eigenvalue weighted by molar-refractivity contribution is 7.13. The van der Waals surface area contributed by atoms with Gasteiger partial charge in [-0.3, -0.25) is 14.4 Å². The highest BCUT2D eigenvalue weighted by atomic mass is 32.1. The third-order valence-corrected chi connectivity index (χ3v) is 7.76. The number of rotatable bonds is 7. The number of β-amino-alcohol motifs (C(OH)–C–C–N with tert-alkyl or cyclic N) is 1. The molecule has 1 aromatic heterocycles. The van der Waals surface area contributed by atoms with Crippen LogP contribution in [0.25, 0.3) is 10.4 Å². The molecule has 1 saturated carbocycles. The van der Waals surface area contributed by atoms with Gasteiger partial charge in [0.05, 0.1) is 22.2 Å². The molecule has 2 aliphatic rings. The van der Waals surface area contributed by atoms with Gasteiger partial charge in [0.15, 0.2) is 5.67 Å². The van der Waals surface area contributed by atoms with Gasteiger partial charge >= 0.3 is 0 Å². The van der Waals surface area contributed by atoms with Crippen LogP contribution in [0.3, 0.4) is 0 Å². The predicted molar refractivity (Wildman–Crippen MR) is 135 cm³/mol. The first kappa shape index (κ1) is 26.2. The highest BCUT2D eigenvalue weighted by Gasteiger charge is 2.53. The molecule has 0 bridgehead atoms. The van der Waals surface area contributed by atoms with E-state index in [-0.39, 0.29) is 38.3 Å². The maximum atomic E-state index is 14.3. The largest absolute Gasteiger partial charge is 0.391 e. The topological polar surface area (TPSA) is 112 Å². The summed E-state index contributed by atoms with van der Waals surface area (Å²) in [5.74, 6) is -1.68. The number of aromatic nitrogens is 1. The van der Waals surface area contributed by atoms with Crippen molar-refractivity contribution in [3.63, 3.8) is 0 Å². The molecule has 1 aromatic carbocycles. The fourth-order valence-corrected chi connectivity index (χ4v) is 5.19. The molecular weight excluding hydrogens is 483 g/mol. The van der Waals surface area contributed by atoms with Crippen molar-refractivity contribution in [2.24, 2.45) is 5.41 Å². The van der Waals surface area contributed by atoms with Crippen molar-refractivity contribution in [1.29, 1.82) is 0 Å². The van der Waals surface area contributed by atoms with E-state index < -0.39 is 41.1 Å². The van der Waals surface area contributed by atoms with Crippen LogP contribution in [0.15, 0.2) is 29.8 Å². The second-order valence-corrected chi connectivity index (χ2v) is 11.7. The number of carbonyl (C=O) groups is 3. The zero-order chi connectivity index (χ0) is 26.3. The van der Waals surface area contributed by atoms with Crippen LogP contribution >= 0.6 is 11.3 Å². The van der Waals surface area contributed by atoms with Gasteiger partial charge in [0.25, 0.3) is 5.91 Å². The van der Waals surface area contributed by atoms with Crippen LogP contribution in [0, 0.1) is 12.3 Å². The van der Waals surface area contributed by atoms with Gasteiger partial charge < -0.3 is 20.6 Å². The summed E-state index contributed by atoms with van der Waals surface area (Å²) in [5.41, 5.74) is 2.08. The van der Waals surface area contributed by atoms with Crippen molar-refractivity contribution in [1.82, 2.24) is 20.5 Å². The summed E-state index contributed by atoms with van der Waals surface area (Å²) in [6.45, 7) is 7.51. The maximum absolute atomic E-state index is 14.3. The summed E-state index contributed by atoms with van der Waals surface area (Å²) in [4.78, 5) is 45.6. The number of nitrogens with one attached hydrogen (secondary N) is 2. The average Bonchev–Trinajstić information content (AvgIpc) is 3.23. The fourth-order valence-electron chi connectivity index (χ4n) is 4.38. The SMILES string of the molecule is Cc1ncsc1-c1ccc(CNC(=O)[C@@H]2C[C@H](O)CN2C(=O)[C@@H](NC(=O)C2(F)CC2)C(C)(C)C)cc1. The molecule has 0 radical (unpaired) electrons. The molecule has 2 heterocycles. The molecule has 2 fully saturated rings. The van der Waals surface area contributed by atoms with Gasteiger partial charge in [0.1, 0.15) is 12.1 Å². The minimum atomic E-state index is -1.92. The molecule has 10 heteroatoms. The number of benzene rings is 1. The van der Waals surface area contributed by atoms with Crippen LogP contribution in [0.2, 0.25) is 0 Å². The zero-order valence-electron chi connectivity index (χ0n) is 21.0. The van der Waals surface area contributed by atoms with E-state index in [1.54, 1.807) is 37.6 Å². The number of aliphatic hydroxyl groups is 1. The Morgan fingerprint density at radius 2 is 1.92 bits per heavy atom. The van der Waals surface area contributed by atoms with Gasteiger partial charge in [-0.2, -0.15) is 0 Å². The van der Waals surface area contributed by atoms with E-state index in [4.69, 9.17) is 0 Å². The van der Waals surface area contributed by atoms with E-state index in [0.717, 1.165) is 21.7 Å². The van der Waals surface area contributed by atoms with Gasteiger partial charge in [0, 0.05) is 19.5 Å².